The number of oxazole rings is 1. The number of nitrogens with one attached hydrogen (secondary N) is 1. The standard InChI is InChI=1S/C24H20N2O4/c27-24(26-19-12-10-18(11-13-19)23-16-25-17-30-23)21-8-4-5-9-22(21)29-15-14-28-20-6-2-1-3-7-20/h1-13,16-17H,14-15H2,(H,26,27). The van der Waals surface area contributed by atoms with Gasteiger partial charge in [0.25, 0.3) is 5.91 Å². The van der Waals surface area contributed by atoms with Crippen LogP contribution >= 0.6 is 0 Å². The highest BCUT2D eigenvalue weighted by molar-refractivity contribution is 6.06. The van der Waals surface area contributed by atoms with Crippen molar-refractivity contribution in [2.45, 2.75) is 0 Å². The van der Waals surface area contributed by atoms with E-state index in [1.807, 2.05) is 60.7 Å². The van der Waals surface area contributed by atoms with E-state index in [0.29, 0.717) is 36.0 Å². The molecular formula is C24H20N2O4. The smallest absolute Gasteiger partial charge is 0.259 e. The van der Waals surface area contributed by atoms with Crippen LogP contribution in [0.5, 0.6) is 11.5 Å². The molecule has 0 aliphatic carbocycles. The third kappa shape index (κ3) is 4.86. The maximum Gasteiger partial charge on any atom is 0.259 e. The minimum absolute atomic E-state index is 0.248. The van der Waals surface area contributed by atoms with Gasteiger partial charge in [0.05, 0.1) is 11.8 Å². The molecule has 1 N–H and O–H groups in total. The molecule has 1 heterocycles. The molecule has 6 nitrogen and oxygen atoms in total. The summed E-state index contributed by atoms with van der Waals surface area (Å²) in [5, 5.41) is 2.89. The fourth-order valence-electron chi connectivity index (χ4n) is 2.88. The van der Waals surface area contributed by atoms with Gasteiger partial charge in [-0.25, -0.2) is 4.98 Å². The Morgan fingerprint density at radius 2 is 1.60 bits per heavy atom. The van der Waals surface area contributed by atoms with Gasteiger partial charge in [0, 0.05) is 11.3 Å². The second-order valence-corrected chi connectivity index (χ2v) is 6.40. The first-order chi connectivity index (χ1) is 14.8. The second kappa shape index (κ2) is 9.43. The molecule has 4 rings (SSSR count). The Morgan fingerprint density at radius 1 is 0.867 bits per heavy atom. The molecule has 0 spiro atoms. The van der Waals surface area contributed by atoms with Crippen molar-refractivity contribution in [1.29, 1.82) is 0 Å². The maximum absolute atomic E-state index is 12.8. The average Bonchev–Trinajstić information content (AvgIpc) is 3.33. The van der Waals surface area contributed by atoms with Gasteiger partial charge in [0.1, 0.15) is 24.7 Å². The molecule has 6 heteroatoms. The minimum Gasteiger partial charge on any atom is -0.490 e. The first kappa shape index (κ1) is 19.3. The fourth-order valence-corrected chi connectivity index (χ4v) is 2.88. The van der Waals surface area contributed by atoms with Gasteiger partial charge in [-0.1, -0.05) is 30.3 Å². The second-order valence-electron chi connectivity index (χ2n) is 6.40. The quantitative estimate of drug-likeness (QED) is 0.419. The molecule has 0 radical (unpaired) electrons. The number of carbonyl (C=O) groups excluding carboxylic acids is 1. The fraction of sp³-hybridized carbons (Fsp3) is 0.0833. The van der Waals surface area contributed by atoms with E-state index in [2.05, 4.69) is 10.3 Å². The van der Waals surface area contributed by atoms with Gasteiger partial charge < -0.3 is 19.2 Å². The van der Waals surface area contributed by atoms with Gasteiger partial charge in [-0.2, -0.15) is 0 Å². The van der Waals surface area contributed by atoms with Crippen LogP contribution in [0.4, 0.5) is 5.69 Å². The molecule has 0 aliphatic heterocycles. The Kier molecular flexibility index (Phi) is 6.05. The molecule has 0 saturated heterocycles. The highest BCUT2D eigenvalue weighted by Crippen LogP contribution is 2.23. The topological polar surface area (TPSA) is 73.6 Å². The third-order valence-corrected chi connectivity index (χ3v) is 4.34. The number of hydrogen-bond acceptors (Lipinski definition) is 5. The number of amides is 1. The number of rotatable bonds is 8. The Labute approximate surface area is 174 Å². The van der Waals surface area contributed by atoms with Gasteiger partial charge in [0.15, 0.2) is 12.2 Å². The van der Waals surface area contributed by atoms with E-state index in [1.165, 1.54) is 6.39 Å². The zero-order valence-electron chi connectivity index (χ0n) is 16.2. The Morgan fingerprint density at radius 3 is 2.37 bits per heavy atom. The van der Waals surface area contributed by atoms with Crippen LogP contribution in [-0.2, 0) is 0 Å². The van der Waals surface area contributed by atoms with Gasteiger partial charge in [-0.15, -0.1) is 0 Å². The normalized spacial score (nSPS) is 10.4. The maximum atomic E-state index is 12.8. The summed E-state index contributed by atoms with van der Waals surface area (Å²) >= 11 is 0. The summed E-state index contributed by atoms with van der Waals surface area (Å²) in [4.78, 5) is 16.7. The molecule has 0 atom stereocenters. The summed E-state index contributed by atoms with van der Waals surface area (Å²) in [5.41, 5.74) is 2.01. The molecule has 30 heavy (non-hydrogen) atoms. The lowest BCUT2D eigenvalue weighted by molar-refractivity contribution is 0.102. The first-order valence-electron chi connectivity index (χ1n) is 9.49. The molecule has 1 aromatic heterocycles. The van der Waals surface area contributed by atoms with E-state index in [9.17, 15) is 4.79 Å². The monoisotopic (exact) mass is 400 g/mol. The highest BCUT2D eigenvalue weighted by atomic mass is 16.5. The van der Waals surface area contributed by atoms with Crippen LogP contribution in [0, 0.1) is 0 Å². The molecule has 4 aromatic rings. The predicted octanol–water partition coefficient (Wildman–Crippen LogP) is 5.05. The molecule has 3 aromatic carbocycles. The van der Waals surface area contributed by atoms with E-state index in [0.717, 1.165) is 11.3 Å². The van der Waals surface area contributed by atoms with E-state index >= 15 is 0 Å². The van der Waals surface area contributed by atoms with Crippen molar-refractivity contribution in [3.63, 3.8) is 0 Å². The van der Waals surface area contributed by atoms with E-state index in [1.54, 1.807) is 24.4 Å². The molecule has 0 aliphatic rings. The summed E-state index contributed by atoms with van der Waals surface area (Å²) in [6.45, 7) is 0.703. The van der Waals surface area contributed by atoms with E-state index in [-0.39, 0.29) is 5.91 Å². The number of carbonyl (C=O) groups is 1. The summed E-state index contributed by atoms with van der Waals surface area (Å²) in [5.74, 6) is 1.71. The summed E-state index contributed by atoms with van der Waals surface area (Å²) in [6, 6.07) is 24.0. The Hall–Kier alpha value is -4.06. The molecule has 150 valence electrons. The van der Waals surface area contributed by atoms with Crippen molar-refractivity contribution in [3.05, 3.63) is 97.0 Å². The van der Waals surface area contributed by atoms with Crippen LogP contribution in [0.3, 0.4) is 0 Å². The lowest BCUT2D eigenvalue weighted by Gasteiger charge is -2.12. The summed E-state index contributed by atoms with van der Waals surface area (Å²) in [7, 11) is 0. The van der Waals surface area contributed by atoms with E-state index < -0.39 is 0 Å². The summed E-state index contributed by atoms with van der Waals surface area (Å²) < 4.78 is 16.7. The van der Waals surface area contributed by atoms with Gasteiger partial charge >= 0.3 is 0 Å². The van der Waals surface area contributed by atoms with Gasteiger partial charge in [-0.05, 0) is 48.5 Å². The largest absolute Gasteiger partial charge is 0.490 e. The van der Waals surface area contributed by atoms with Gasteiger partial charge in [-0.3, -0.25) is 4.79 Å². The molecule has 0 fully saturated rings. The van der Waals surface area contributed by atoms with Crippen molar-refractivity contribution < 1.29 is 18.7 Å². The zero-order chi connectivity index (χ0) is 20.6. The first-order valence-corrected chi connectivity index (χ1v) is 9.49. The average molecular weight is 400 g/mol. The summed E-state index contributed by atoms with van der Waals surface area (Å²) in [6.07, 6.45) is 3.02. The zero-order valence-corrected chi connectivity index (χ0v) is 16.2. The van der Waals surface area contributed by atoms with Crippen LogP contribution in [-0.4, -0.2) is 24.1 Å². The lowest BCUT2D eigenvalue weighted by atomic mass is 10.1. The lowest BCUT2D eigenvalue weighted by Crippen LogP contribution is -2.15. The molecule has 0 bridgehead atoms. The number of nitrogens with zero attached hydrogens (tertiary/aromatic N) is 1. The Balaban J connectivity index is 1.36. The third-order valence-electron chi connectivity index (χ3n) is 4.34. The van der Waals surface area contributed by atoms with Gasteiger partial charge in [0.2, 0.25) is 0 Å². The van der Waals surface area contributed by atoms with Crippen molar-refractivity contribution in [1.82, 2.24) is 4.98 Å². The Bertz CT molecular complexity index is 1080. The van der Waals surface area contributed by atoms with Crippen molar-refractivity contribution >= 4 is 11.6 Å². The molecular weight excluding hydrogens is 380 g/mol. The van der Waals surface area contributed by atoms with Crippen LogP contribution in [0.15, 0.2) is 95.9 Å². The number of para-hydroxylation sites is 2. The van der Waals surface area contributed by atoms with Crippen LogP contribution < -0.4 is 14.8 Å². The van der Waals surface area contributed by atoms with Crippen molar-refractivity contribution in [2.75, 3.05) is 18.5 Å². The number of anilines is 1. The number of ether oxygens (including phenoxy) is 2. The van der Waals surface area contributed by atoms with Crippen LogP contribution in [0.1, 0.15) is 10.4 Å². The number of benzene rings is 3. The highest BCUT2D eigenvalue weighted by Gasteiger charge is 2.13. The molecule has 0 saturated carbocycles. The number of hydrogen-bond donors (Lipinski definition) is 1. The van der Waals surface area contributed by atoms with E-state index in [4.69, 9.17) is 13.9 Å². The van der Waals surface area contributed by atoms with Crippen LogP contribution in [0.25, 0.3) is 11.3 Å². The minimum atomic E-state index is -0.248. The molecule has 1 amide bonds. The van der Waals surface area contributed by atoms with Crippen molar-refractivity contribution in [3.8, 4) is 22.8 Å². The van der Waals surface area contributed by atoms with Crippen LogP contribution in [0.2, 0.25) is 0 Å². The van der Waals surface area contributed by atoms with Crippen molar-refractivity contribution in [2.24, 2.45) is 0 Å². The SMILES string of the molecule is O=C(Nc1ccc(-c2cnco2)cc1)c1ccccc1OCCOc1ccccc1. The number of aromatic nitrogens is 1. The predicted molar refractivity (Wildman–Crippen MR) is 114 cm³/mol. The molecule has 0 unspecified atom stereocenters.